The van der Waals surface area contributed by atoms with Gasteiger partial charge in [0, 0.05) is 23.5 Å². The highest BCUT2D eigenvalue weighted by Gasteiger charge is 2.25. The Morgan fingerprint density at radius 3 is 2.71 bits per heavy atom. The average Bonchev–Trinajstić information content (AvgIpc) is 3.17. The van der Waals surface area contributed by atoms with Gasteiger partial charge in [-0.05, 0) is 50.6 Å². The summed E-state index contributed by atoms with van der Waals surface area (Å²) in [4.78, 5) is 24.8. The van der Waals surface area contributed by atoms with Crippen LogP contribution < -0.4 is 5.32 Å². The number of ether oxygens (including phenoxy) is 1. The van der Waals surface area contributed by atoms with Crippen molar-refractivity contribution in [1.29, 1.82) is 5.26 Å². The second-order valence-electron chi connectivity index (χ2n) is 7.58. The van der Waals surface area contributed by atoms with Gasteiger partial charge in [-0.2, -0.15) is 5.26 Å². The first-order chi connectivity index (χ1) is 14.9. The van der Waals surface area contributed by atoms with Crippen molar-refractivity contribution in [2.45, 2.75) is 26.8 Å². The van der Waals surface area contributed by atoms with E-state index in [9.17, 15) is 10.1 Å². The number of carbonyl (C=O) groups excluding carboxylic acids is 1. The van der Waals surface area contributed by atoms with Crippen molar-refractivity contribution in [2.75, 3.05) is 25.1 Å². The van der Waals surface area contributed by atoms with Crippen molar-refractivity contribution in [2.24, 2.45) is 0 Å². The van der Waals surface area contributed by atoms with Crippen LogP contribution in [0.15, 0.2) is 36.4 Å². The molecule has 1 aliphatic rings. The Kier molecular flexibility index (Phi) is 5.98. The molecule has 1 aliphatic heterocycles. The number of hydrogen-bond donors (Lipinski definition) is 1. The molecule has 8 heteroatoms. The smallest absolute Gasteiger partial charge is 0.324 e. The highest BCUT2D eigenvalue weighted by molar-refractivity contribution is 7.19. The highest BCUT2D eigenvalue weighted by atomic mass is 32.1. The molecule has 1 fully saturated rings. The molecule has 7 nitrogen and oxygen atoms in total. The molecule has 2 aromatic heterocycles. The van der Waals surface area contributed by atoms with Gasteiger partial charge >= 0.3 is 6.03 Å². The number of hydrogen-bond acceptors (Lipinski definition) is 6. The molecule has 0 bridgehead atoms. The van der Waals surface area contributed by atoms with Crippen LogP contribution in [0.5, 0.6) is 0 Å². The number of thiazole rings is 1. The van der Waals surface area contributed by atoms with Crippen LogP contribution in [0.4, 0.5) is 9.93 Å². The highest BCUT2D eigenvalue weighted by Crippen LogP contribution is 2.39. The second kappa shape index (κ2) is 8.84. The van der Waals surface area contributed by atoms with Gasteiger partial charge in [0.1, 0.15) is 0 Å². The predicted molar refractivity (Wildman–Crippen MR) is 121 cm³/mol. The van der Waals surface area contributed by atoms with E-state index in [2.05, 4.69) is 16.4 Å². The Labute approximate surface area is 185 Å². The lowest BCUT2D eigenvalue weighted by Gasteiger charge is -2.32. The molecule has 2 amide bonds. The molecule has 4 rings (SSSR count). The summed E-state index contributed by atoms with van der Waals surface area (Å²) in [6.45, 7) is 7.48. The SMILES string of the molecule is Cc1cc(-c2sc(NC(=O)N3CCOC[C@@H]3C)nc2-c2cccc(C#N)c2)cc(C)n1. The molecule has 3 aromatic rings. The lowest BCUT2D eigenvalue weighted by molar-refractivity contribution is 0.0222. The number of anilines is 1. The zero-order valence-electron chi connectivity index (χ0n) is 17.7. The molecule has 0 aliphatic carbocycles. The summed E-state index contributed by atoms with van der Waals surface area (Å²) in [5.41, 5.74) is 4.93. The van der Waals surface area contributed by atoms with Gasteiger partial charge in [0.15, 0.2) is 5.13 Å². The fourth-order valence-corrected chi connectivity index (χ4v) is 4.62. The molecule has 0 saturated carbocycles. The fourth-order valence-electron chi connectivity index (χ4n) is 3.66. The van der Waals surface area contributed by atoms with E-state index in [0.717, 1.165) is 33.1 Å². The zero-order chi connectivity index (χ0) is 22.0. The number of pyridine rings is 1. The minimum atomic E-state index is -0.185. The summed E-state index contributed by atoms with van der Waals surface area (Å²) >= 11 is 1.42. The molecule has 1 saturated heterocycles. The Morgan fingerprint density at radius 2 is 2.00 bits per heavy atom. The van der Waals surface area contributed by atoms with Crippen LogP contribution in [0, 0.1) is 25.2 Å². The largest absolute Gasteiger partial charge is 0.377 e. The van der Waals surface area contributed by atoms with E-state index in [4.69, 9.17) is 9.72 Å². The lowest BCUT2D eigenvalue weighted by atomic mass is 10.0. The van der Waals surface area contributed by atoms with Gasteiger partial charge in [0.05, 0.1) is 41.5 Å². The van der Waals surface area contributed by atoms with Crippen molar-refractivity contribution < 1.29 is 9.53 Å². The quantitative estimate of drug-likeness (QED) is 0.651. The summed E-state index contributed by atoms with van der Waals surface area (Å²) in [6.07, 6.45) is 0. The summed E-state index contributed by atoms with van der Waals surface area (Å²) in [5.74, 6) is 0. The van der Waals surface area contributed by atoms with Crippen molar-refractivity contribution >= 4 is 22.5 Å². The van der Waals surface area contributed by atoms with Crippen LogP contribution in [-0.4, -0.2) is 46.7 Å². The Hall–Kier alpha value is -3.28. The lowest BCUT2D eigenvalue weighted by Crippen LogP contribution is -2.48. The molecule has 1 aromatic carbocycles. The van der Waals surface area contributed by atoms with Gasteiger partial charge in [-0.1, -0.05) is 23.5 Å². The number of benzene rings is 1. The second-order valence-corrected chi connectivity index (χ2v) is 8.57. The van der Waals surface area contributed by atoms with Crippen molar-refractivity contribution in [3.05, 3.63) is 53.3 Å². The number of nitrogens with zero attached hydrogens (tertiary/aromatic N) is 4. The van der Waals surface area contributed by atoms with Crippen molar-refractivity contribution in [3.63, 3.8) is 0 Å². The average molecular weight is 434 g/mol. The van der Waals surface area contributed by atoms with Crippen LogP contribution in [0.1, 0.15) is 23.9 Å². The van der Waals surface area contributed by atoms with Crippen LogP contribution in [-0.2, 0) is 4.74 Å². The van der Waals surface area contributed by atoms with E-state index in [0.29, 0.717) is 30.5 Å². The van der Waals surface area contributed by atoms with Crippen LogP contribution in [0.2, 0.25) is 0 Å². The number of urea groups is 1. The fraction of sp³-hybridized carbons (Fsp3) is 0.304. The summed E-state index contributed by atoms with van der Waals surface area (Å²) in [7, 11) is 0. The van der Waals surface area contributed by atoms with Crippen LogP contribution >= 0.6 is 11.3 Å². The monoisotopic (exact) mass is 433 g/mol. The molecule has 0 unspecified atom stereocenters. The molecule has 1 atom stereocenters. The summed E-state index contributed by atoms with van der Waals surface area (Å²) in [5, 5.41) is 12.8. The third kappa shape index (κ3) is 4.58. The minimum Gasteiger partial charge on any atom is -0.377 e. The third-order valence-electron chi connectivity index (χ3n) is 5.08. The topological polar surface area (TPSA) is 91.1 Å². The number of aromatic nitrogens is 2. The number of nitrogens with one attached hydrogen (secondary N) is 1. The molecular formula is C23H23N5O2S. The van der Waals surface area contributed by atoms with E-state index in [1.54, 1.807) is 11.0 Å². The van der Waals surface area contributed by atoms with Gasteiger partial charge in [0.25, 0.3) is 0 Å². The summed E-state index contributed by atoms with van der Waals surface area (Å²) in [6, 6.07) is 13.4. The van der Waals surface area contributed by atoms with Crippen molar-refractivity contribution in [3.8, 4) is 27.8 Å². The first kappa shape index (κ1) is 21.0. The molecule has 158 valence electrons. The van der Waals surface area contributed by atoms with E-state index < -0.39 is 0 Å². The number of morpholine rings is 1. The standard InChI is InChI=1S/C23H23N5O2S/c1-14-9-19(10-15(2)25-14)21-20(18-6-4-5-17(11-18)12-24)26-22(31-21)27-23(29)28-7-8-30-13-16(28)3/h4-6,9-11,16H,7-8,13H2,1-3H3,(H,26,27,29)/t16-/m0/s1. The minimum absolute atomic E-state index is 0.00506. The van der Waals surface area contributed by atoms with E-state index in [1.165, 1.54) is 11.3 Å². The molecule has 31 heavy (non-hydrogen) atoms. The van der Waals surface area contributed by atoms with Crippen LogP contribution in [0.3, 0.4) is 0 Å². The number of amides is 2. The predicted octanol–water partition coefficient (Wildman–Crippen LogP) is 4.61. The van der Waals surface area contributed by atoms with E-state index >= 15 is 0 Å². The van der Waals surface area contributed by atoms with Gasteiger partial charge in [-0.25, -0.2) is 9.78 Å². The van der Waals surface area contributed by atoms with E-state index in [-0.39, 0.29) is 12.1 Å². The van der Waals surface area contributed by atoms with Gasteiger partial charge < -0.3 is 9.64 Å². The van der Waals surface area contributed by atoms with Crippen LogP contribution in [0.25, 0.3) is 21.7 Å². The maximum atomic E-state index is 12.9. The normalized spacial score (nSPS) is 16.1. The maximum Gasteiger partial charge on any atom is 0.324 e. The molecule has 0 radical (unpaired) electrons. The number of nitriles is 1. The molecule has 0 spiro atoms. The molecule has 3 heterocycles. The van der Waals surface area contributed by atoms with Crippen molar-refractivity contribution in [1.82, 2.24) is 14.9 Å². The number of aryl methyl sites for hydroxylation is 2. The first-order valence-corrected chi connectivity index (χ1v) is 10.9. The van der Waals surface area contributed by atoms with Gasteiger partial charge in [-0.15, -0.1) is 0 Å². The Morgan fingerprint density at radius 1 is 1.23 bits per heavy atom. The Balaban J connectivity index is 1.75. The summed E-state index contributed by atoms with van der Waals surface area (Å²) < 4.78 is 5.43. The van der Waals surface area contributed by atoms with Gasteiger partial charge in [-0.3, -0.25) is 10.3 Å². The Bertz CT molecular complexity index is 1150. The molecular weight excluding hydrogens is 410 g/mol. The molecule has 1 N–H and O–H groups in total. The van der Waals surface area contributed by atoms with E-state index in [1.807, 2.05) is 51.1 Å². The van der Waals surface area contributed by atoms with Gasteiger partial charge in [0.2, 0.25) is 0 Å². The zero-order valence-corrected chi connectivity index (χ0v) is 18.5. The maximum absolute atomic E-state index is 12.9. The third-order valence-corrected chi connectivity index (χ3v) is 6.10. The first-order valence-electron chi connectivity index (χ1n) is 10.1. The number of carbonyl (C=O) groups is 1. The number of rotatable bonds is 3.